The zero-order valence-electron chi connectivity index (χ0n) is 10.5. The fraction of sp³-hybridized carbons (Fsp3) is 0.615. The van der Waals surface area contributed by atoms with E-state index in [9.17, 15) is 0 Å². The van der Waals surface area contributed by atoms with Crippen LogP contribution in [0.15, 0.2) is 22.8 Å². The van der Waals surface area contributed by atoms with Gasteiger partial charge >= 0.3 is 0 Å². The van der Waals surface area contributed by atoms with Gasteiger partial charge in [0.05, 0.1) is 5.69 Å². The molecule has 1 rings (SSSR count). The molecule has 0 fully saturated rings. The van der Waals surface area contributed by atoms with Crippen molar-refractivity contribution in [2.75, 3.05) is 12.4 Å². The van der Waals surface area contributed by atoms with Crippen LogP contribution in [-0.4, -0.2) is 17.4 Å². The van der Waals surface area contributed by atoms with Crippen LogP contribution in [0.4, 0.5) is 0 Å². The summed E-state index contributed by atoms with van der Waals surface area (Å²) in [6.07, 6.45) is 4.06. The zero-order chi connectivity index (χ0) is 12.7. The molecule has 0 aliphatic rings. The van der Waals surface area contributed by atoms with Gasteiger partial charge in [-0.15, -0.1) is 11.6 Å². The minimum atomic E-state index is 0.296. The van der Waals surface area contributed by atoms with Gasteiger partial charge in [0.2, 0.25) is 0 Å². The summed E-state index contributed by atoms with van der Waals surface area (Å²) in [6, 6.07) is 4.05. The van der Waals surface area contributed by atoms with Crippen molar-refractivity contribution in [3.05, 3.63) is 28.5 Å². The van der Waals surface area contributed by atoms with E-state index in [1.807, 2.05) is 18.3 Å². The van der Waals surface area contributed by atoms with Gasteiger partial charge in [-0.3, -0.25) is 4.98 Å². The molecule has 1 heterocycles. The van der Waals surface area contributed by atoms with Crippen LogP contribution in [0.1, 0.15) is 32.4 Å². The summed E-state index contributed by atoms with van der Waals surface area (Å²) in [6.45, 7) is 6.34. The van der Waals surface area contributed by atoms with Crippen molar-refractivity contribution < 1.29 is 0 Å². The zero-order valence-corrected chi connectivity index (χ0v) is 12.8. The van der Waals surface area contributed by atoms with Crippen LogP contribution in [0.25, 0.3) is 0 Å². The SMILES string of the molecule is CC(C)(CCCCl)CNCc1ccc(Br)cn1. The summed E-state index contributed by atoms with van der Waals surface area (Å²) in [5.74, 6) is 0.748. The van der Waals surface area contributed by atoms with Gasteiger partial charge in [-0.05, 0) is 46.3 Å². The van der Waals surface area contributed by atoms with E-state index in [-0.39, 0.29) is 0 Å². The molecule has 96 valence electrons. The molecule has 0 radical (unpaired) electrons. The Morgan fingerprint density at radius 2 is 2.18 bits per heavy atom. The number of nitrogens with one attached hydrogen (secondary N) is 1. The minimum Gasteiger partial charge on any atom is -0.311 e. The second kappa shape index (κ2) is 7.34. The molecule has 0 spiro atoms. The maximum absolute atomic E-state index is 5.72. The fourth-order valence-corrected chi connectivity index (χ4v) is 2.04. The van der Waals surface area contributed by atoms with Crippen LogP contribution in [0.3, 0.4) is 0 Å². The second-order valence-electron chi connectivity index (χ2n) is 5.03. The minimum absolute atomic E-state index is 0.296. The monoisotopic (exact) mass is 318 g/mol. The molecule has 1 aromatic rings. The molecular formula is C13H20BrClN2. The van der Waals surface area contributed by atoms with E-state index in [2.05, 4.69) is 40.1 Å². The largest absolute Gasteiger partial charge is 0.311 e. The Morgan fingerprint density at radius 1 is 1.41 bits per heavy atom. The second-order valence-corrected chi connectivity index (χ2v) is 6.32. The lowest BCUT2D eigenvalue weighted by Gasteiger charge is -2.24. The third kappa shape index (κ3) is 6.39. The van der Waals surface area contributed by atoms with Crippen molar-refractivity contribution in [1.82, 2.24) is 10.3 Å². The van der Waals surface area contributed by atoms with Gasteiger partial charge in [0, 0.05) is 29.6 Å². The van der Waals surface area contributed by atoms with Gasteiger partial charge in [-0.2, -0.15) is 0 Å². The van der Waals surface area contributed by atoms with Crippen molar-refractivity contribution in [2.45, 2.75) is 33.2 Å². The molecule has 0 saturated heterocycles. The number of halogens is 2. The lowest BCUT2D eigenvalue weighted by Crippen LogP contribution is -2.29. The summed E-state index contributed by atoms with van der Waals surface area (Å²) >= 11 is 9.10. The number of nitrogens with zero attached hydrogens (tertiary/aromatic N) is 1. The number of hydrogen-bond donors (Lipinski definition) is 1. The number of aromatic nitrogens is 1. The van der Waals surface area contributed by atoms with Crippen LogP contribution in [0.2, 0.25) is 0 Å². The van der Waals surface area contributed by atoms with E-state index in [0.29, 0.717) is 5.41 Å². The maximum Gasteiger partial charge on any atom is 0.0542 e. The quantitative estimate of drug-likeness (QED) is 0.769. The lowest BCUT2D eigenvalue weighted by atomic mass is 9.88. The molecule has 17 heavy (non-hydrogen) atoms. The van der Waals surface area contributed by atoms with Crippen LogP contribution >= 0.6 is 27.5 Å². The molecule has 2 nitrogen and oxygen atoms in total. The summed E-state index contributed by atoms with van der Waals surface area (Å²) in [4.78, 5) is 4.33. The van der Waals surface area contributed by atoms with Gasteiger partial charge in [-0.25, -0.2) is 0 Å². The third-order valence-electron chi connectivity index (χ3n) is 2.69. The van der Waals surface area contributed by atoms with Crippen molar-refractivity contribution in [3.8, 4) is 0 Å². The first-order chi connectivity index (χ1) is 8.03. The van der Waals surface area contributed by atoms with Crippen LogP contribution in [0.5, 0.6) is 0 Å². The van der Waals surface area contributed by atoms with E-state index in [0.717, 1.165) is 42.0 Å². The Bertz CT molecular complexity index is 325. The van der Waals surface area contributed by atoms with E-state index in [1.54, 1.807) is 0 Å². The van der Waals surface area contributed by atoms with Gasteiger partial charge < -0.3 is 5.32 Å². The average molecular weight is 320 g/mol. The standard InChI is InChI=1S/C13H20BrClN2/c1-13(2,6-3-7-15)10-16-9-12-5-4-11(14)8-17-12/h4-5,8,16H,3,6-7,9-10H2,1-2H3. The summed E-state index contributed by atoms with van der Waals surface area (Å²) in [7, 11) is 0. The maximum atomic E-state index is 5.72. The average Bonchev–Trinajstić information content (AvgIpc) is 2.29. The molecule has 0 bridgehead atoms. The van der Waals surface area contributed by atoms with Crippen molar-refractivity contribution in [3.63, 3.8) is 0 Å². The Hall–Kier alpha value is -0.120. The first kappa shape index (κ1) is 14.9. The smallest absolute Gasteiger partial charge is 0.0542 e. The van der Waals surface area contributed by atoms with E-state index < -0.39 is 0 Å². The molecule has 0 saturated carbocycles. The predicted molar refractivity (Wildman–Crippen MR) is 77.4 cm³/mol. The summed E-state index contributed by atoms with van der Waals surface area (Å²) in [5, 5.41) is 3.45. The number of alkyl halides is 1. The highest BCUT2D eigenvalue weighted by Gasteiger charge is 2.16. The van der Waals surface area contributed by atoms with Gasteiger partial charge in [0.1, 0.15) is 0 Å². The molecule has 0 atom stereocenters. The van der Waals surface area contributed by atoms with E-state index in [1.165, 1.54) is 0 Å². The number of rotatable bonds is 7. The lowest BCUT2D eigenvalue weighted by molar-refractivity contribution is 0.310. The van der Waals surface area contributed by atoms with Crippen molar-refractivity contribution in [1.29, 1.82) is 0 Å². The molecule has 4 heteroatoms. The Morgan fingerprint density at radius 3 is 2.76 bits per heavy atom. The molecular weight excluding hydrogens is 300 g/mol. The molecule has 0 aliphatic carbocycles. The highest BCUT2D eigenvalue weighted by Crippen LogP contribution is 2.21. The van der Waals surface area contributed by atoms with E-state index in [4.69, 9.17) is 11.6 Å². The van der Waals surface area contributed by atoms with Gasteiger partial charge in [0.15, 0.2) is 0 Å². The summed E-state index contributed by atoms with van der Waals surface area (Å²) < 4.78 is 1.02. The predicted octanol–water partition coefficient (Wildman–Crippen LogP) is 3.98. The molecule has 1 N–H and O–H groups in total. The summed E-state index contributed by atoms with van der Waals surface area (Å²) in [5.41, 5.74) is 1.37. The Balaban J connectivity index is 2.29. The van der Waals surface area contributed by atoms with Crippen molar-refractivity contribution >= 4 is 27.5 Å². The highest BCUT2D eigenvalue weighted by molar-refractivity contribution is 9.10. The molecule has 1 aromatic heterocycles. The van der Waals surface area contributed by atoms with Crippen LogP contribution < -0.4 is 5.32 Å². The van der Waals surface area contributed by atoms with Crippen molar-refractivity contribution in [2.24, 2.45) is 5.41 Å². The Labute approximate surface area is 117 Å². The number of pyridine rings is 1. The normalized spacial score (nSPS) is 11.8. The molecule has 0 amide bonds. The van der Waals surface area contributed by atoms with Gasteiger partial charge in [-0.1, -0.05) is 13.8 Å². The first-order valence-electron chi connectivity index (χ1n) is 5.91. The first-order valence-corrected chi connectivity index (χ1v) is 7.23. The molecule has 0 aliphatic heterocycles. The fourth-order valence-electron chi connectivity index (χ4n) is 1.67. The van der Waals surface area contributed by atoms with Crippen LogP contribution in [0, 0.1) is 5.41 Å². The highest BCUT2D eigenvalue weighted by atomic mass is 79.9. The Kier molecular flexibility index (Phi) is 6.45. The topological polar surface area (TPSA) is 24.9 Å². The molecule has 0 unspecified atom stereocenters. The molecule has 0 aromatic carbocycles. The number of hydrogen-bond acceptors (Lipinski definition) is 2. The van der Waals surface area contributed by atoms with E-state index >= 15 is 0 Å². The third-order valence-corrected chi connectivity index (χ3v) is 3.42. The van der Waals surface area contributed by atoms with Crippen LogP contribution in [-0.2, 0) is 6.54 Å². The van der Waals surface area contributed by atoms with Gasteiger partial charge in [0.25, 0.3) is 0 Å².